The highest BCUT2D eigenvalue weighted by Gasteiger charge is 2.02. The van der Waals surface area contributed by atoms with Gasteiger partial charge in [-0.15, -0.1) is 0 Å². The van der Waals surface area contributed by atoms with Crippen molar-refractivity contribution in [3.63, 3.8) is 0 Å². The maximum atomic E-state index is 9.60. The van der Waals surface area contributed by atoms with E-state index in [1.807, 2.05) is 0 Å². The van der Waals surface area contributed by atoms with E-state index in [2.05, 4.69) is 35.1 Å². The van der Waals surface area contributed by atoms with Gasteiger partial charge in [-0.05, 0) is 27.6 Å². The predicted octanol–water partition coefficient (Wildman–Crippen LogP) is 0.325. The molecular formula is C6H17NO5S. The molecule has 1 N–H and O–H groups in total. The first-order valence-electron chi connectivity index (χ1n) is 3.76. The van der Waals surface area contributed by atoms with Gasteiger partial charge in [-0.2, -0.15) is 8.42 Å². The molecule has 0 bridgehead atoms. The summed E-state index contributed by atoms with van der Waals surface area (Å²) in [5.74, 6) is 0. The van der Waals surface area contributed by atoms with Crippen molar-refractivity contribution in [3.8, 4) is 0 Å². The molecule has 0 saturated heterocycles. The average molecular weight is 215 g/mol. The Morgan fingerprint density at radius 1 is 1.31 bits per heavy atom. The van der Waals surface area contributed by atoms with Gasteiger partial charge in [0.1, 0.15) is 0 Å². The van der Waals surface area contributed by atoms with E-state index in [-0.39, 0.29) is 6.61 Å². The summed E-state index contributed by atoms with van der Waals surface area (Å²) in [7, 11) is -0.297. The van der Waals surface area contributed by atoms with E-state index in [0.717, 1.165) is 6.54 Å². The van der Waals surface area contributed by atoms with Crippen molar-refractivity contribution in [2.75, 3.05) is 27.2 Å². The SMILES string of the molecule is CCN(C)C.CCOOS(=O)(=O)O. The van der Waals surface area contributed by atoms with Crippen molar-refractivity contribution < 1.29 is 22.2 Å². The fourth-order valence-corrected chi connectivity index (χ4v) is 0.327. The van der Waals surface area contributed by atoms with Gasteiger partial charge in [0, 0.05) is 0 Å². The first-order valence-corrected chi connectivity index (χ1v) is 5.13. The molecule has 0 saturated carbocycles. The average Bonchev–Trinajstić information content (AvgIpc) is 2.00. The second-order valence-electron chi connectivity index (χ2n) is 2.30. The Hall–Kier alpha value is -0.210. The smallest absolute Gasteiger partial charge is 0.310 e. The fraction of sp³-hybridized carbons (Fsp3) is 1.00. The summed E-state index contributed by atoms with van der Waals surface area (Å²) < 4.78 is 30.4. The van der Waals surface area contributed by atoms with Crippen molar-refractivity contribution in [2.24, 2.45) is 0 Å². The zero-order valence-corrected chi connectivity index (χ0v) is 9.17. The van der Waals surface area contributed by atoms with Crippen LogP contribution in [0.15, 0.2) is 0 Å². The molecule has 0 rings (SSSR count). The third kappa shape index (κ3) is 24.5. The normalized spacial score (nSPS) is 10.9. The van der Waals surface area contributed by atoms with Gasteiger partial charge in [0.05, 0.1) is 6.61 Å². The van der Waals surface area contributed by atoms with E-state index in [1.54, 1.807) is 0 Å². The lowest BCUT2D eigenvalue weighted by Crippen LogP contribution is -2.08. The maximum Gasteiger partial charge on any atom is 0.424 e. The second-order valence-corrected chi connectivity index (χ2v) is 3.29. The maximum absolute atomic E-state index is 9.60. The van der Waals surface area contributed by atoms with Crippen LogP contribution in [-0.2, 0) is 19.6 Å². The molecule has 0 amide bonds. The van der Waals surface area contributed by atoms with Crippen molar-refractivity contribution in [2.45, 2.75) is 13.8 Å². The Morgan fingerprint density at radius 2 is 1.69 bits per heavy atom. The second kappa shape index (κ2) is 8.39. The van der Waals surface area contributed by atoms with Gasteiger partial charge in [-0.3, -0.25) is 4.55 Å². The highest BCUT2D eigenvalue weighted by molar-refractivity contribution is 7.80. The van der Waals surface area contributed by atoms with E-state index >= 15 is 0 Å². The highest BCUT2D eigenvalue weighted by atomic mass is 32.3. The number of hydrogen-bond donors (Lipinski definition) is 1. The molecule has 0 aromatic rings. The van der Waals surface area contributed by atoms with Crippen LogP contribution < -0.4 is 0 Å². The molecule has 6 nitrogen and oxygen atoms in total. The van der Waals surface area contributed by atoms with Gasteiger partial charge in [0.25, 0.3) is 0 Å². The molecule has 0 fully saturated rings. The molecule has 0 aromatic carbocycles. The topological polar surface area (TPSA) is 76.1 Å². The van der Waals surface area contributed by atoms with Gasteiger partial charge < -0.3 is 4.90 Å². The van der Waals surface area contributed by atoms with E-state index in [9.17, 15) is 8.42 Å². The minimum absolute atomic E-state index is 0.0692. The Morgan fingerprint density at radius 3 is 1.77 bits per heavy atom. The summed E-state index contributed by atoms with van der Waals surface area (Å²) in [6, 6.07) is 0. The van der Waals surface area contributed by atoms with Crippen LogP contribution in [0.5, 0.6) is 0 Å². The van der Waals surface area contributed by atoms with Crippen molar-refractivity contribution in [3.05, 3.63) is 0 Å². The number of nitrogens with zero attached hydrogens (tertiary/aromatic N) is 1. The molecule has 0 atom stereocenters. The van der Waals surface area contributed by atoms with Crippen LogP contribution in [0.2, 0.25) is 0 Å². The molecule has 82 valence electrons. The molecule has 13 heavy (non-hydrogen) atoms. The molecule has 0 aliphatic carbocycles. The Bertz CT molecular complexity index is 189. The molecule has 0 unspecified atom stereocenters. The zero-order chi connectivity index (χ0) is 10.9. The van der Waals surface area contributed by atoms with E-state index < -0.39 is 10.4 Å². The van der Waals surface area contributed by atoms with Crippen LogP contribution >= 0.6 is 0 Å². The quantitative estimate of drug-likeness (QED) is 0.413. The zero-order valence-electron chi connectivity index (χ0n) is 8.35. The number of hydrogen-bond acceptors (Lipinski definition) is 5. The summed E-state index contributed by atoms with van der Waals surface area (Å²) in [5.41, 5.74) is 0. The lowest BCUT2D eigenvalue weighted by molar-refractivity contribution is -0.203. The van der Waals surface area contributed by atoms with Crippen LogP contribution in [0.4, 0.5) is 0 Å². The van der Waals surface area contributed by atoms with Gasteiger partial charge >= 0.3 is 10.4 Å². The van der Waals surface area contributed by atoms with Crippen molar-refractivity contribution in [1.82, 2.24) is 4.90 Å². The lowest BCUT2D eigenvalue weighted by Gasteiger charge is -2.00. The molecule has 0 aliphatic rings. The summed E-state index contributed by atoms with van der Waals surface area (Å²) >= 11 is 0. The molecule has 0 radical (unpaired) electrons. The highest BCUT2D eigenvalue weighted by Crippen LogP contribution is 1.85. The molecule has 0 spiro atoms. The molecule has 0 aromatic heterocycles. The first-order chi connectivity index (χ1) is 5.83. The fourth-order valence-electron chi connectivity index (χ4n) is 0.109. The standard InChI is InChI=1S/C4H11N.C2H6O5S/c1-4-5(2)3;1-2-6-7-8(3,4)5/h4H2,1-3H3;2H2,1H3,(H,3,4,5). The molecule has 0 heterocycles. The van der Waals surface area contributed by atoms with Crippen LogP contribution in [0, 0.1) is 0 Å². The van der Waals surface area contributed by atoms with E-state index in [4.69, 9.17) is 4.55 Å². The van der Waals surface area contributed by atoms with Gasteiger partial charge in [-0.1, -0.05) is 11.3 Å². The molecular weight excluding hydrogens is 198 g/mol. The van der Waals surface area contributed by atoms with Crippen LogP contribution in [0.1, 0.15) is 13.8 Å². The van der Waals surface area contributed by atoms with Gasteiger partial charge in [0.15, 0.2) is 0 Å². The molecule has 7 heteroatoms. The Balaban J connectivity index is 0. The minimum atomic E-state index is -4.41. The number of rotatable bonds is 4. The third-order valence-corrected chi connectivity index (χ3v) is 1.15. The summed E-state index contributed by atoms with van der Waals surface area (Å²) in [5, 5.41) is 0. The van der Waals surface area contributed by atoms with Gasteiger partial charge in [-0.25, -0.2) is 4.89 Å². The first kappa shape index (κ1) is 15.3. The van der Waals surface area contributed by atoms with E-state index in [1.165, 1.54) is 6.92 Å². The minimum Gasteiger partial charge on any atom is -0.310 e. The lowest BCUT2D eigenvalue weighted by atomic mass is 10.7. The van der Waals surface area contributed by atoms with E-state index in [0.29, 0.717) is 0 Å². The molecule has 0 aliphatic heterocycles. The van der Waals surface area contributed by atoms with Crippen molar-refractivity contribution in [1.29, 1.82) is 0 Å². The summed E-state index contributed by atoms with van der Waals surface area (Å²) in [4.78, 5) is 5.98. The van der Waals surface area contributed by atoms with Crippen molar-refractivity contribution >= 4 is 10.4 Å². The predicted molar refractivity (Wildman–Crippen MR) is 48.5 cm³/mol. The summed E-state index contributed by atoms with van der Waals surface area (Å²) in [6.45, 7) is 4.85. The Labute approximate surface area is 79.3 Å². The largest absolute Gasteiger partial charge is 0.424 e. The van der Waals surface area contributed by atoms with Gasteiger partial charge in [0.2, 0.25) is 0 Å². The summed E-state index contributed by atoms with van der Waals surface area (Å²) in [6.07, 6.45) is 0. The third-order valence-electron chi connectivity index (χ3n) is 0.884. The van der Waals surface area contributed by atoms with Crippen LogP contribution in [0.25, 0.3) is 0 Å². The monoisotopic (exact) mass is 215 g/mol. The van der Waals surface area contributed by atoms with Crippen LogP contribution in [-0.4, -0.2) is 45.1 Å². The van der Waals surface area contributed by atoms with Crippen LogP contribution in [0.3, 0.4) is 0 Å². The Kier molecular flexibility index (Phi) is 9.86.